The largest absolute Gasteiger partial charge is 0.312 e. The topological polar surface area (TPSA) is 37.6 Å². The summed E-state index contributed by atoms with van der Waals surface area (Å²) >= 11 is 6.18. The molecule has 0 saturated heterocycles. The van der Waals surface area contributed by atoms with E-state index in [0.717, 1.165) is 58.1 Å². The number of hydrogen-bond donors (Lipinski definition) is 0. The zero-order valence-corrected chi connectivity index (χ0v) is 15.2. The summed E-state index contributed by atoms with van der Waals surface area (Å²) in [6.07, 6.45) is 6.14. The van der Waals surface area contributed by atoms with Crippen molar-refractivity contribution in [1.82, 2.24) is 9.38 Å². The number of carbonyl (C=O) groups excluding carboxylic acids is 1. The first-order valence-corrected chi connectivity index (χ1v) is 8.93. The summed E-state index contributed by atoms with van der Waals surface area (Å²) < 4.78 is 1.98. The van der Waals surface area contributed by atoms with Crippen LogP contribution < -0.4 is 4.90 Å². The zero-order chi connectivity index (χ0) is 17.6. The molecule has 3 heterocycles. The van der Waals surface area contributed by atoms with Crippen molar-refractivity contribution >= 4 is 28.8 Å². The molecular weight excluding hydrogens is 334 g/mol. The Bertz CT molecular complexity index is 976. The Morgan fingerprint density at radius 2 is 2.12 bits per heavy atom. The summed E-state index contributed by atoms with van der Waals surface area (Å²) in [6, 6.07) is 7.93. The Labute approximate surface area is 152 Å². The minimum Gasteiger partial charge on any atom is -0.312 e. The van der Waals surface area contributed by atoms with Crippen LogP contribution in [0.1, 0.15) is 28.8 Å². The van der Waals surface area contributed by atoms with Crippen LogP contribution in [-0.4, -0.2) is 21.8 Å². The molecule has 4 nitrogen and oxygen atoms in total. The van der Waals surface area contributed by atoms with E-state index in [4.69, 9.17) is 11.6 Å². The van der Waals surface area contributed by atoms with E-state index >= 15 is 0 Å². The summed E-state index contributed by atoms with van der Waals surface area (Å²) in [4.78, 5) is 19.5. The lowest BCUT2D eigenvalue weighted by atomic mass is 9.98. The molecule has 1 aliphatic rings. The number of amides is 1. The lowest BCUT2D eigenvalue weighted by Crippen LogP contribution is -2.37. The molecule has 0 fully saturated rings. The normalized spacial score (nSPS) is 14.0. The maximum Gasteiger partial charge on any atom is 0.233 e. The number of rotatable bonds is 2. The first-order valence-electron chi connectivity index (χ1n) is 8.55. The van der Waals surface area contributed by atoms with Crippen molar-refractivity contribution in [3.63, 3.8) is 0 Å². The zero-order valence-electron chi connectivity index (χ0n) is 14.4. The highest BCUT2D eigenvalue weighted by Gasteiger charge is 2.25. The third-order valence-corrected chi connectivity index (χ3v) is 5.02. The Morgan fingerprint density at radius 1 is 1.28 bits per heavy atom. The van der Waals surface area contributed by atoms with Gasteiger partial charge in [-0.05, 0) is 61.6 Å². The van der Waals surface area contributed by atoms with E-state index < -0.39 is 0 Å². The Hall–Kier alpha value is -2.33. The van der Waals surface area contributed by atoms with E-state index in [1.54, 1.807) is 0 Å². The van der Waals surface area contributed by atoms with Crippen LogP contribution in [0.15, 0.2) is 36.7 Å². The van der Waals surface area contributed by atoms with Crippen molar-refractivity contribution in [3.8, 4) is 0 Å². The van der Waals surface area contributed by atoms with E-state index in [2.05, 4.69) is 4.98 Å². The van der Waals surface area contributed by atoms with E-state index in [9.17, 15) is 4.79 Å². The van der Waals surface area contributed by atoms with Gasteiger partial charge in [-0.3, -0.25) is 4.79 Å². The number of carbonyl (C=O) groups is 1. The van der Waals surface area contributed by atoms with Gasteiger partial charge in [0, 0.05) is 29.6 Å². The number of benzene rings is 1. The third-order valence-electron chi connectivity index (χ3n) is 4.80. The minimum atomic E-state index is 0.0902. The fourth-order valence-electron chi connectivity index (χ4n) is 3.71. The van der Waals surface area contributed by atoms with Crippen molar-refractivity contribution in [2.45, 2.75) is 33.1 Å². The molecule has 4 rings (SSSR count). The predicted octanol–water partition coefficient (Wildman–Crippen LogP) is 4.13. The molecule has 1 aliphatic heterocycles. The number of nitrogens with zero attached hydrogens (tertiary/aromatic N) is 3. The third kappa shape index (κ3) is 2.91. The van der Waals surface area contributed by atoms with E-state index in [-0.39, 0.29) is 5.91 Å². The average Bonchev–Trinajstić information content (AvgIpc) is 2.98. The number of anilines is 1. The molecule has 0 N–H and O–H groups in total. The van der Waals surface area contributed by atoms with Gasteiger partial charge in [0.2, 0.25) is 5.91 Å². The molecule has 0 bridgehead atoms. The van der Waals surface area contributed by atoms with Crippen LogP contribution in [0.5, 0.6) is 0 Å². The standard InChI is InChI=1S/C20H20ClN3O/c1-13-5-3-7-23-12-17(22-20(13)23)11-18(25)24-8-4-6-15-10-16(21)9-14(2)19(15)24/h3,5,7,9-10,12H,4,6,8,11H2,1-2H3. The van der Waals surface area contributed by atoms with Crippen LogP contribution in [0.4, 0.5) is 5.69 Å². The molecule has 0 spiro atoms. The van der Waals surface area contributed by atoms with Crippen LogP contribution >= 0.6 is 11.6 Å². The fraction of sp³-hybridized carbons (Fsp3) is 0.300. The molecule has 1 aromatic carbocycles. The number of halogens is 1. The molecule has 25 heavy (non-hydrogen) atoms. The molecule has 0 atom stereocenters. The smallest absolute Gasteiger partial charge is 0.233 e. The minimum absolute atomic E-state index is 0.0902. The van der Waals surface area contributed by atoms with Gasteiger partial charge >= 0.3 is 0 Å². The summed E-state index contributed by atoms with van der Waals surface area (Å²) in [5, 5.41) is 0.737. The maximum atomic E-state index is 13.0. The number of pyridine rings is 1. The summed E-state index contributed by atoms with van der Waals surface area (Å²) in [5.41, 5.74) is 6.07. The van der Waals surface area contributed by atoms with Gasteiger partial charge in [-0.1, -0.05) is 17.7 Å². The second kappa shape index (κ2) is 6.19. The molecule has 3 aromatic rings. The monoisotopic (exact) mass is 353 g/mol. The predicted molar refractivity (Wildman–Crippen MR) is 100 cm³/mol. The molecule has 0 unspecified atom stereocenters. The van der Waals surface area contributed by atoms with Gasteiger partial charge in [0.05, 0.1) is 12.1 Å². The molecule has 2 aromatic heterocycles. The fourth-order valence-corrected chi connectivity index (χ4v) is 4.01. The molecule has 5 heteroatoms. The highest BCUT2D eigenvalue weighted by Crippen LogP contribution is 2.33. The number of imidazole rings is 1. The first kappa shape index (κ1) is 16.2. The molecule has 128 valence electrons. The molecule has 0 radical (unpaired) electrons. The van der Waals surface area contributed by atoms with E-state index in [1.165, 1.54) is 0 Å². The molecular formula is C20H20ClN3O. The summed E-state index contributed by atoms with van der Waals surface area (Å²) in [7, 11) is 0. The lowest BCUT2D eigenvalue weighted by Gasteiger charge is -2.31. The SMILES string of the molecule is Cc1cc(Cl)cc2c1N(C(=O)Cc1cn3cccc(C)c3n1)CCC2. The second-order valence-corrected chi connectivity index (χ2v) is 7.15. The molecule has 0 saturated carbocycles. The van der Waals surface area contributed by atoms with Gasteiger partial charge in [-0.15, -0.1) is 0 Å². The van der Waals surface area contributed by atoms with Gasteiger partial charge in [-0.2, -0.15) is 0 Å². The van der Waals surface area contributed by atoms with Crippen LogP contribution in [0.3, 0.4) is 0 Å². The van der Waals surface area contributed by atoms with Crippen LogP contribution in [0, 0.1) is 13.8 Å². The molecule has 0 aliphatic carbocycles. The lowest BCUT2D eigenvalue weighted by molar-refractivity contribution is -0.118. The van der Waals surface area contributed by atoms with E-state index in [1.807, 2.05) is 59.8 Å². The highest BCUT2D eigenvalue weighted by molar-refractivity contribution is 6.30. The van der Waals surface area contributed by atoms with Gasteiger partial charge in [-0.25, -0.2) is 4.98 Å². The van der Waals surface area contributed by atoms with Crippen LogP contribution in [0.2, 0.25) is 5.02 Å². The Morgan fingerprint density at radius 3 is 2.92 bits per heavy atom. The van der Waals surface area contributed by atoms with Gasteiger partial charge < -0.3 is 9.30 Å². The van der Waals surface area contributed by atoms with Crippen molar-refractivity contribution in [2.75, 3.05) is 11.4 Å². The van der Waals surface area contributed by atoms with E-state index in [0.29, 0.717) is 6.42 Å². The maximum absolute atomic E-state index is 13.0. The number of hydrogen-bond acceptors (Lipinski definition) is 2. The number of aryl methyl sites for hydroxylation is 3. The van der Waals surface area contributed by atoms with Crippen LogP contribution in [-0.2, 0) is 17.6 Å². The molecule has 1 amide bonds. The Balaban J connectivity index is 1.65. The van der Waals surface area contributed by atoms with Gasteiger partial charge in [0.15, 0.2) is 0 Å². The Kier molecular flexibility index (Phi) is 4.00. The average molecular weight is 354 g/mol. The highest BCUT2D eigenvalue weighted by atomic mass is 35.5. The van der Waals surface area contributed by atoms with Crippen molar-refractivity contribution in [2.24, 2.45) is 0 Å². The summed E-state index contributed by atoms with van der Waals surface area (Å²) in [5.74, 6) is 0.0902. The van der Waals surface area contributed by atoms with Gasteiger partial charge in [0.25, 0.3) is 0 Å². The quantitative estimate of drug-likeness (QED) is 0.694. The van der Waals surface area contributed by atoms with Crippen molar-refractivity contribution in [1.29, 1.82) is 0 Å². The summed E-state index contributed by atoms with van der Waals surface area (Å²) in [6.45, 7) is 4.80. The number of fused-ring (bicyclic) bond motifs is 2. The van der Waals surface area contributed by atoms with Crippen molar-refractivity contribution < 1.29 is 4.79 Å². The second-order valence-electron chi connectivity index (χ2n) is 6.71. The number of aromatic nitrogens is 2. The first-order chi connectivity index (χ1) is 12.0. The van der Waals surface area contributed by atoms with Crippen molar-refractivity contribution in [3.05, 3.63) is 64.1 Å². The van der Waals surface area contributed by atoms with Gasteiger partial charge in [0.1, 0.15) is 5.65 Å². The van der Waals surface area contributed by atoms with Crippen LogP contribution in [0.25, 0.3) is 5.65 Å².